The Hall–Kier alpha value is -0.610. The first-order valence-corrected chi connectivity index (χ1v) is 7.70. The molecule has 0 atom stereocenters. The van der Waals surface area contributed by atoms with E-state index in [1.54, 1.807) is 0 Å². The lowest BCUT2D eigenvalue weighted by molar-refractivity contribution is 0.611. The highest BCUT2D eigenvalue weighted by molar-refractivity contribution is 7.99. The molecule has 1 aliphatic heterocycles. The van der Waals surface area contributed by atoms with Gasteiger partial charge in [0.15, 0.2) is 0 Å². The summed E-state index contributed by atoms with van der Waals surface area (Å²) in [6.07, 6.45) is 2.09. The summed E-state index contributed by atoms with van der Waals surface area (Å²) in [5, 5.41) is 3.39. The van der Waals surface area contributed by atoms with Gasteiger partial charge in [-0.2, -0.15) is 0 Å². The number of aryl methyl sites for hydroxylation is 1. The third kappa shape index (κ3) is 3.45. The molecule has 0 amide bonds. The van der Waals surface area contributed by atoms with Crippen molar-refractivity contribution < 1.29 is 0 Å². The van der Waals surface area contributed by atoms with Crippen LogP contribution in [0.3, 0.4) is 0 Å². The van der Waals surface area contributed by atoms with Gasteiger partial charge in [0.1, 0.15) is 5.82 Å². The van der Waals surface area contributed by atoms with E-state index in [1.807, 2.05) is 11.8 Å². The van der Waals surface area contributed by atoms with E-state index in [0.29, 0.717) is 0 Å². The molecule has 18 heavy (non-hydrogen) atoms. The molecule has 1 aromatic heterocycles. The molecule has 0 unspecified atom stereocenters. The Labute approximate surface area is 114 Å². The standard InChI is InChI=1S/C14H23N3S/c1-5-11-10-6-7-15-8-12(10)17-13(16-11)9-18-14(2,3)4/h15H,5-9H2,1-4H3. The summed E-state index contributed by atoms with van der Waals surface area (Å²) in [6, 6.07) is 0. The summed E-state index contributed by atoms with van der Waals surface area (Å²) >= 11 is 1.91. The SMILES string of the molecule is CCc1nc(CSC(C)(C)C)nc2c1CCNC2. The minimum Gasteiger partial charge on any atom is -0.311 e. The van der Waals surface area contributed by atoms with Crippen molar-refractivity contribution >= 4 is 11.8 Å². The van der Waals surface area contributed by atoms with Crippen molar-refractivity contribution in [3.63, 3.8) is 0 Å². The van der Waals surface area contributed by atoms with Gasteiger partial charge in [0, 0.05) is 17.0 Å². The molecule has 0 saturated heterocycles. The maximum absolute atomic E-state index is 4.75. The van der Waals surface area contributed by atoms with Crippen LogP contribution in [0.2, 0.25) is 0 Å². The number of nitrogens with one attached hydrogen (secondary N) is 1. The van der Waals surface area contributed by atoms with Crippen molar-refractivity contribution in [3.05, 3.63) is 22.8 Å². The zero-order valence-corrected chi connectivity index (χ0v) is 12.7. The molecule has 0 bridgehead atoms. The fourth-order valence-corrected chi connectivity index (χ4v) is 2.82. The highest BCUT2D eigenvalue weighted by Gasteiger charge is 2.18. The van der Waals surface area contributed by atoms with Crippen molar-refractivity contribution in [3.8, 4) is 0 Å². The lowest BCUT2D eigenvalue weighted by Gasteiger charge is -2.21. The normalized spacial score (nSPS) is 15.6. The Morgan fingerprint density at radius 3 is 2.72 bits per heavy atom. The Kier molecular flexibility index (Phi) is 4.28. The number of rotatable bonds is 3. The van der Waals surface area contributed by atoms with Gasteiger partial charge < -0.3 is 5.32 Å². The molecule has 3 nitrogen and oxygen atoms in total. The van der Waals surface area contributed by atoms with E-state index in [0.717, 1.165) is 37.5 Å². The summed E-state index contributed by atoms with van der Waals surface area (Å²) in [6.45, 7) is 10.8. The van der Waals surface area contributed by atoms with Crippen LogP contribution in [0.1, 0.15) is 50.5 Å². The third-order valence-electron chi connectivity index (χ3n) is 3.04. The van der Waals surface area contributed by atoms with Gasteiger partial charge in [0.25, 0.3) is 0 Å². The van der Waals surface area contributed by atoms with Crippen molar-refractivity contribution in [1.82, 2.24) is 15.3 Å². The van der Waals surface area contributed by atoms with Gasteiger partial charge in [-0.1, -0.05) is 27.7 Å². The smallest absolute Gasteiger partial charge is 0.138 e. The van der Waals surface area contributed by atoms with E-state index in [2.05, 4.69) is 33.0 Å². The molecule has 0 fully saturated rings. The highest BCUT2D eigenvalue weighted by Crippen LogP contribution is 2.27. The summed E-state index contributed by atoms with van der Waals surface area (Å²) in [5.74, 6) is 1.90. The molecule has 100 valence electrons. The quantitative estimate of drug-likeness (QED) is 0.912. The van der Waals surface area contributed by atoms with Crippen molar-refractivity contribution in [2.75, 3.05) is 6.54 Å². The van der Waals surface area contributed by atoms with E-state index < -0.39 is 0 Å². The largest absolute Gasteiger partial charge is 0.311 e. The van der Waals surface area contributed by atoms with E-state index in [1.165, 1.54) is 17.0 Å². The van der Waals surface area contributed by atoms with Gasteiger partial charge in [-0.3, -0.25) is 0 Å². The van der Waals surface area contributed by atoms with Gasteiger partial charge in [0.2, 0.25) is 0 Å². The molecule has 1 N–H and O–H groups in total. The number of fused-ring (bicyclic) bond motifs is 1. The maximum Gasteiger partial charge on any atom is 0.138 e. The van der Waals surface area contributed by atoms with Crippen LogP contribution < -0.4 is 5.32 Å². The summed E-state index contributed by atoms with van der Waals surface area (Å²) < 4.78 is 0.268. The van der Waals surface area contributed by atoms with E-state index in [-0.39, 0.29) is 4.75 Å². The van der Waals surface area contributed by atoms with Crippen LogP contribution in [0.25, 0.3) is 0 Å². The summed E-state index contributed by atoms with van der Waals surface area (Å²) in [7, 11) is 0. The minimum atomic E-state index is 0.268. The molecule has 0 saturated carbocycles. The Morgan fingerprint density at radius 2 is 2.06 bits per heavy atom. The molecule has 0 radical (unpaired) electrons. The average Bonchev–Trinajstić information content (AvgIpc) is 2.34. The molecule has 2 rings (SSSR count). The number of hydrogen-bond acceptors (Lipinski definition) is 4. The predicted molar refractivity (Wildman–Crippen MR) is 77.9 cm³/mol. The average molecular weight is 265 g/mol. The Morgan fingerprint density at radius 1 is 1.28 bits per heavy atom. The van der Waals surface area contributed by atoms with Gasteiger partial charge in [-0.15, -0.1) is 11.8 Å². The second-order valence-electron chi connectivity index (χ2n) is 5.69. The lowest BCUT2D eigenvalue weighted by Crippen LogP contribution is -2.27. The van der Waals surface area contributed by atoms with E-state index >= 15 is 0 Å². The number of aromatic nitrogens is 2. The fourth-order valence-electron chi connectivity index (χ4n) is 2.13. The zero-order valence-electron chi connectivity index (χ0n) is 11.8. The van der Waals surface area contributed by atoms with Crippen LogP contribution >= 0.6 is 11.8 Å². The molecular formula is C14H23N3S. The molecule has 2 heterocycles. The van der Waals surface area contributed by atoms with Crippen LogP contribution in [0.5, 0.6) is 0 Å². The first kappa shape index (κ1) is 13.8. The molecule has 1 aliphatic rings. The van der Waals surface area contributed by atoms with Crippen LogP contribution in [0.4, 0.5) is 0 Å². The Balaban J connectivity index is 2.21. The molecular weight excluding hydrogens is 242 g/mol. The van der Waals surface area contributed by atoms with Crippen LogP contribution in [-0.2, 0) is 25.1 Å². The number of hydrogen-bond donors (Lipinski definition) is 1. The van der Waals surface area contributed by atoms with Crippen molar-refractivity contribution in [2.24, 2.45) is 0 Å². The zero-order chi connectivity index (χ0) is 13.2. The number of thioether (sulfide) groups is 1. The molecule has 4 heteroatoms. The second-order valence-corrected chi connectivity index (χ2v) is 7.50. The minimum absolute atomic E-state index is 0.268. The number of nitrogens with zero attached hydrogens (tertiary/aromatic N) is 2. The summed E-state index contributed by atoms with van der Waals surface area (Å²) in [5.41, 5.74) is 3.87. The Bertz CT molecular complexity index is 407. The molecule has 0 spiro atoms. The van der Waals surface area contributed by atoms with Gasteiger partial charge >= 0.3 is 0 Å². The van der Waals surface area contributed by atoms with Gasteiger partial charge in [-0.25, -0.2) is 9.97 Å². The monoisotopic (exact) mass is 265 g/mol. The topological polar surface area (TPSA) is 37.8 Å². The summed E-state index contributed by atoms with van der Waals surface area (Å²) in [4.78, 5) is 9.48. The maximum atomic E-state index is 4.75. The van der Waals surface area contributed by atoms with E-state index in [9.17, 15) is 0 Å². The second kappa shape index (κ2) is 5.57. The van der Waals surface area contributed by atoms with Crippen molar-refractivity contribution in [2.45, 2.75) is 57.6 Å². The van der Waals surface area contributed by atoms with E-state index in [4.69, 9.17) is 9.97 Å². The van der Waals surface area contributed by atoms with Crippen LogP contribution in [0, 0.1) is 0 Å². The van der Waals surface area contributed by atoms with Crippen LogP contribution in [-0.4, -0.2) is 21.3 Å². The van der Waals surface area contributed by atoms with Gasteiger partial charge in [-0.05, 0) is 24.9 Å². The van der Waals surface area contributed by atoms with Gasteiger partial charge in [0.05, 0.1) is 11.4 Å². The van der Waals surface area contributed by atoms with Crippen LogP contribution in [0.15, 0.2) is 0 Å². The lowest BCUT2D eigenvalue weighted by atomic mass is 10.0. The highest BCUT2D eigenvalue weighted by atomic mass is 32.2. The third-order valence-corrected chi connectivity index (χ3v) is 4.31. The first-order valence-electron chi connectivity index (χ1n) is 6.72. The molecule has 0 aliphatic carbocycles. The van der Waals surface area contributed by atoms with Crippen molar-refractivity contribution in [1.29, 1.82) is 0 Å². The first-order chi connectivity index (χ1) is 8.49. The molecule has 0 aromatic carbocycles. The fraction of sp³-hybridized carbons (Fsp3) is 0.714. The predicted octanol–water partition coefficient (Wildman–Crippen LogP) is 2.72. The molecule has 1 aromatic rings.